The maximum Gasteiger partial charge on any atom is 0.354 e. The zero-order chi connectivity index (χ0) is 9.84. The van der Waals surface area contributed by atoms with Gasteiger partial charge >= 0.3 is 5.97 Å². The van der Waals surface area contributed by atoms with Gasteiger partial charge in [-0.15, -0.1) is 0 Å². The minimum atomic E-state index is -0.432. The second-order valence-corrected chi connectivity index (χ2v) is 2.60. The Bertz CT molecular complexity index is 328. The van der Waals surface area contributed by atoms with Gasteiger partial charge in [-0.25, -0.2) is 4.79 Å². The number of ether oxygens (including phenoxy) is 1. The van der Waals surface area contributed by atoms with Gasteiger partial charge in [-0.3, -0.25) is 4.79 Å². The summed E-state index contributed by atoms with van der Waals surface area (Å²) in [5, 5.41) is 0. The summed E-state index contributed by atoms with van der Waals surface area (Å²) in [7, 11) is 0. The molecule has 0 unspecified atom stereocenters. The topological polar surface area (TPSA) is 59.2 Å². The lowest BCUT2D eigenvalue weighted by atomic mass is 10.3. The normalized spacial score (nSPS) is 9.69. The number of aldehydes is 1. The van der Waals surface area contributed by atoms with E-state index >= 15 is 0 Å². The van der Waals surface area contributed by atoms with Crippen molar-refractivity contribution in [3.63, 3.8) is 0 Å². The molecule has 1 N–H and O–H groups in total. The Morgan fingerprint density at radius 1 is 1.69 bits per heavy atom. The largest absolute Gasteiger partial charge is 0.461 e. The van der Waals surface area contributed by atoms with Crippen molar-refractivity contribution in [2.75, 3.05) is 6.61 Å². The number of nitrogens with one attached hydrogen (secondary N) is 1. The van der Waals surface area contributed by atoms with Crippen molar-refractivity contribution in [3.05, 3.63) is 23.0 Å². The Hall–Kier alpha value is -1.58. The Kier molecular flexibility index (Phi) is 2.84. The second kappa shape index (κ2) is 3.89. The van der Waals surface area contributed by atoms with E-state index in [4.69, 9.17) is 4.74 Å². The molecule has 0 aliphatic rings. The molecule has 0 saturated carbocycles. The Balaban J connectivity index is 2.90. The van der Waals surface area contributed by atoms with E-state index in [1.807, 2.05) is 0 Å². The van der Waals surface area contributed by atoms with Gasteiger partial charge in [-0.1, -0.05) is 0 Å². The van der Waals surface area contributed by atoms with Crippen molar-refractivity contribution in [2.24, 2.45) is 0 Å². The van der Waals surface area contributed by atoms with Gasteiger partial charge in [0.1, 0.15) is 5.69 Å². The summed E-state index contributed by atoms with van der Waals surface area (Å²) in [6.07, 6.45) is 0.703. The molecule has 0 aliphatic heterocycles. The first-order valence-corrected chi connectivity index (χ1v) is 4.01. The lowest BCUT2D eigenvalue weighted by Gasteiger charge is -1.96. The number of aryl methyl sites for hydroxylation is 1. The summed E-state index contributed by atoms with van der Waals surface area (Å²) in [6.45, 7) is 3.79. The molecule has 4 nitrogen and oxygen atoms in total. The molecule has 0 saturated heterocycles. The molecule has 1 aromatic heterocycles. The van der Waals surface area contributed by atoms with Crippen molar-refractivity contribution < 1.29 is 14.3 Å². The fourth-order valence-electron chi connectivity index (χ4n) is 1.02. The monoisotopic (exact) mass is 181 g/mol. The zero-order valence-corrected chi connectivity index (χ0v) is 7.59. The highest BCUT2D eigenvalue weighted by molar-refractivity contribution is 5.90. The van der Waals surface area contributed by atoms with Gasteiger partial charge in [0.25, 0.3) is 0 Å². The van der Waals surface area contributed by atoms with Crippen LogP contribution >= 0.6 is 0 Å². The first-order valence-electron chi connectivity index (χ1n) is 4.01. The van der Waals surface area contributed by atoms with E-state index in [1.165, 1.54) is 6.07 Å². The average molecular weight is 181 g/mol. The number of hydrogen-bond donors (Lipinski definition) is 1. The molecule has 13 heavy (non-hydrogen) atoms. The van der Waals surface area contributed by atoms with Crippen LogP contribution in [0.2, 0.25) is 0 Å². The molecule has 0 radical (unpaired) electrons. The first kappa shape index (κ1) is 9.51. The van der Waals surface area contributed by atoms with Crippen LogP contribution in [0.4, 0.5) is 0 Å². The van der Waals surface area contributed by atoms with Crippen molar-refractivity contribution in [1.82, 2.24) is 4.98 Å². The van der Waals surface area contributed by atoms with Gasteiger partial charge in [0.2, 0.25) is 0 Å². The van der Waals surface area contributed by atoms with E-state index in [0.717, 1.165) is 0 Å². The SMILES string of the molecule is CCOC(=O)c1cc(C=O)c(C)[nH]1. The van der Waals surface area contributed by atoms with E-state index in [9.17, 15) is 9.59 Å². The second-order valence-electron chi connectivity index (χ2n) is 2.60. The van der Waals surface area contributed by atoms with Crippen LogP contribution in [0, 0.1) is 6.92 Å². The van der Waals surface area contributed by atoms with Crippen LogP contribution in [0.3, 0.4) is 0 Å². The van der Waals surface area contributed by atoms with Gasteiger partial charge < -0.3 is 9.72 Å². The van der Waals surface area contributed by atoms with Crippen LogP contribution in [-0.2, 0) is 4.74 Å². The number of carbonyl (C=O) groups excluding carboxylic acids is 2. The third kappa shape index (κ3) is 1.96. The zero-order valence-electron chi connectivity index (χ0n) is 7.59. The van der Waals surface area contributed by atoms with Crippen LogP contribution in [0.1, 0.15) is 33.5 Å². The summed E-state index contributed by atoms with van der Waals surface area (Å²) in [4.78, 5) is 24.4. The third-order valence-electron chi connectivity index (χ3n) is 1.68. The lowest BCUT2D eigenvalue weighted by molar-refractivity contribution is 0.0520. The van der Waals surface area contributed by atoms with Crippen LogP contribution < -0.4 is 0 Å². The van der Waals surface area contributed by atoms with Gasteiger partial charge in [0, 0.05) is 11.3 Å². The molecule has 4 heteroatoms. The fraction of sp³-hybridized carbons (Fsp3) is 0.333. The number of aromatic amines is 1. The fourth-order valence-corrected chi connectivity index (χ4v) is 1.02. The minimum Gasteiger partial charge on any atom is -0.461 e. The Labute approximate surface area is 75.9 Å². The molecular formula is C9H11NO3. The number of hydrogen-bond acceptors (Lipinski definition) is 3. The predicted octanol–water partition coefficient (Wildman–Crippen LogP) is 1.31. The van der Waals surface area contributed by atoms with Crippen LogP contribution in [0.15, 0.2) is 6.07 Å². The molecule has 0 bridgehead atoms. The summed E-state index contributed by atoms with van der Waals surface area (Å²) in [5.41, 5.74) is 1.49. The lowest BCUT2D eigenvalue weighted by Crippen LogP contribution is -2.04. The van der Waals surface area contributed by atoms with Crippen LogP contribution in [0.25, 0.3) is 0 Å². The smallest absolute Gasteiger partial charge is 0.354 e. The third-order valence-corrected chi connectivity index (χ3v) is 1.68. The Morgan fingerprint density at radius 3 is 2.85 bits per heavy atom. The molecule has 0 fully saturated rings. The number of rotatable bonds is 3. The van der Waals surface area contributed by atoms with E-state index < -0.39 is 5.97 Å². The molecule has 70 valence electrons. The summed E-state index contributed by atoms with van der Waals surface area (Å²) in [6, 6.07) is 1.49. The molecule has 1 rings (SSSR count). The van der Waals surface area contributed by atoms with Crippen molar-refractivity contribution in [3.8, 4) is 0 Å². The van der Waals surface area contributed by atoms with Gasteiger partial charge in [0.05, 0.1) is 6.61 Å². The molecule has 0 aromatic carbocycles. The van der Waals surface area contributed by atoms with Gasteiger partial charge in [-0.2, -0.15) is 0 Å². The highest BCUT2D eigenvalue weighted by atomic mass is 16.5. The number of esters is 1. The van der Waals surface area contributed by atoms with Gasteiger partial charge in [-0.05, 0) is 19.9 Å². The summed E-state index contributed by atoms with van der Waals surface area (Å²) >= 11 is 0. The van der Waals surface area contributed by atoms with E-state index in [1.54, 1.807) is 13.8 Å². The maximum atomic E-state index is 11.2. The molecule has 0 atom stereocenters. The molecule has 0 amide bonds. The average Bonchev–Trinajstić information content (AvgIpc) is 2.47. The summed E-state index contributed by atoms with van der Waals surface area (Å²) < 4.78 is 4.75. The van der Waals surface area contributed by atoms with Crippen LogP contribution in [0.5, 0.6) is 0 Å². The molecule has 1 aromatic rings. The molecular weight excluding hydrogens is 170 g/mol. The van der Waals surface area contributed by atoms with Gasteiger partial charge in [0.15, 0.2) is 6.29 Å². The van der Waals surface area contributed by atoms with Crippen molar-refractivity contribution in [2.45, 2.75) is 13.8 Å². The number of H-pyrrole nitrogens is 1. The minimum absolute atomic E-state index is 0.321. The highest BCUT2D eigenvalue weighted by Gasteiger charge is 2.11. The highest BCUT2D eigenvalue weighted by Crippen LogP contribution is 2.08. The molecule has 0 aliphatic carbocycles. The van der Waals surface area contributed by atoms with E-state index in [-0.39, 0.29) is 0 Å². The summed E-state index contributed by atoms with van der Waals surface area (Å²) in [5.74, 6) is -0.432. The van der Waals surface area contributed by atoms with E-state index in [0.29, 0.717) is 29.8 Å². The van der Waals surface area contributed by atoms with E-state index in [2.05, 4.69) is 4.98 Å². The molecule has 0 spiro atoms. The number of carbonyl (C=O) groups is 2. The predicted molar refractivity (Wildman–Crippen MR) is 46.9 cm³/mol. The maximum absolute atomic E-state index is 11.2. The Morgan fingerprint density at radius 2 is 2.38 bits per heavy atom. The van der Waals surface area contributed by atoms with Crippen molar-refractivity contribution >= 4 is 12.3 Å². The number of aromatic nitrogens is 1. The quantitative estimate of drug-likeness (QED) is 0.565. The first-order chi connectivity index (χ1) is 6.19. The van der Waals surface area contributed by atoms with Crippen LogP contribution in [-0.4, -0.2) is 23.8 Å². The standard InChI is InChI=1S/C9H11NO3/c1-3-13-9(12)8-4-7(5-11)6(2)10-8/h4-5,10H,3H2,1-2H3. The molecule has 1 heterocycles. The van der Waals surface area contributed by atoms with Crippen molar-refractivity contribution in [1.29, 1.82) is 0 Å².